The summed E-state index contributed by atoms with van der Waals surface area (Å²) in [6.45, 7) is 5.07. The van der Waals surface area contributed by atoms with Crippen molar-refractivity contribution in [3.63, 3.8) is 0 Å². The lowest BCUT2D eigenvalue weighted by molar-refractivity contribution is -0.144. The molecule has 2 rings (SSSR count). The van der Waals surface area contributed by atoms with Crippen LogP contribution in [0.1, 0.15) is 32.6 Å². The topological polar surface area (TPSA) is 38.8 Å². The van der Waals surface area contributed by atoms with E-state index in [0.717, 1.165) is 52.0 Å². The minimum absolute atomic E-state index is 0.168. The smallest absolute Gasteiger partial charge is 0.251 e. The van der Waals surface area contributed by atoms with Crippen molar-refractivity contribution >= 4 is 5.91 Å². The summed E-state index contributed by atoms with van der Waals surface area (Å²) in [6, 6.07) is 0. The third kappa shape index (κ3) is 2.74. The quantitative estimate of drug-likeness (QED) is 0.727. The van der Waals surface area contributed by atoms with Gasteiger partial charge in [0.05, 0.1) is 6.10 Å². The average Bonchev–Trinajstić information content (AvgIpc) is 2.82. The summed E-state index contributed by atoms with van der Waals surface area (Å²) < 4.78 is 11.0. The summed E-state index contributed by atoms with van der Waals surface area (Å²) in [6.07, 6.45) is 4.06. The molecule has 16 heavy (non-hydrogen) atoms. The van der Waals surface area contributed by atoms with Crippen LogP contribution in [0.4, 0.5) is 0 Å². The molecule has 4 heteroatoms. The van der Waals surface area contributed by atoms with E-state index in [4.69, 9.17) is 9.47 Å². The van der Waals surface area contributed by atoms with E-state index in [1.165, 1.54) is 0 Å². The Labute approximate surface area is 96.9 Å². The molecule has 92 valence electrons. The molecule has 0 N–H and O–H groups in total. The summed E-state index contributed by atoms with van der Waals surface area (Å²) in [5.41, 5.74) is 0. The number of nitrogens with zero attached hydrogens (tertiary/aromatic N) is 1. The van der Waals surface area contributed by atoms with Crippen LogP contribution in [0.3, 0.4) is 0 Å². The number of carbonyl (C=O) groups is 1. The maximum atomic E-state index is 12.1. The van der Waals surface area contributed by atoms with Crippen molar-refractivity contribution in [1.82, 2.24) is 4.90 Å². The monoisotopic (exact) mass is 227 g/mol. The molecule has 0 spiro atoms. The molecule has 4 nitrogen and oxygen atoms in total. The molecule has 2 saturated heterocycles. The van der Waals surface area contributed by atoms with Crippen molar-refractivity contribution in [2.75, 3.05) is 26.3 Å². The van der Waals surface area contributed by atoms with Crippen molar-refractivity contribution in [2.45, 2.75) is 44.8 Å². The summed E-state index contributed by atoms with van der Waals surface area (Å²) in [5.74, 6) is 0.168. The van der Waals surface area contributed by atoms with Gasteiger partial charge in [-0.25, -0.2) is 0 Å². The first kappa shape index (κ1) is 11.9. The van der Waals surface area contributed by atoms with Gasteiger partial charge >= 0.3 is 0 Å². The van der Waals surface area contributed by atoms with Gasteiger partial charge in [-0.3, -0.25) is 4.79 Å². The van der Waals surface area contributed by atoms with E-state index in [0.29, 0.717) is 0 Å². The van der Waals surface area contributed by atoms with E-state index >= 15 is 0 Å². The van der Waals surface area contributed by atoms with Gasteiger partial charge in [0.25, 0.3) is 5.91 Å². The van der Waals surface area contributed by atoms with E-state index in [1.807, 2.05) is 11.8 Å². The van der Waals surface area contributed by atoms with Crippen molar-refractivity contribution < 1.29 is 14.3 Å². The fourth-order valence-electron chi connectivity index (χ4n) is 2.49. The van der Waals surface area contributed by atoms with Gasteiger partial charge in [-0.2, -0.15) is 0 Å². The van der Waals surface area contributed by atoms with Crippen molar-refractivity contribution in [1.29, 1.82) is 0 Å². The molecule has 0 aromatic carbocycles. The molecule has 0 radical (unpaired) electrons. The van der Waals surface area contributed by atoms with Crippen LogP contribution >= 0.6 is 0 Å². The highest BCUT2D eigenvalue weighted by Gasteiger charge is 2.31. The van der Waals surface area contributed by atoms with Crippen LogP contribution in [0.2, 0.25) is 0 Å². The Morgan fingerprint density at radius 2 is 2.31 bits per heavy atom. The molecule has 2 heterocycles. The Kier molecular flexibility index (Phi) is 4.18. The van der Waals surface area contributed by atoms with Crippen LogP contribution in [0.15, 0.2) is 0 Å². The summed E-state index contributed by atoms with van der Waals surface area (Å²) in [5, 5.41) is 0. The Bertz CT molecular complexity index is 236. The predicted octanol–water partition coefficient (Wildman–Crippen LogP) is 1.19. The lowest BCUT2D eigenvalue weighted by atomic mass is 10.1. The van der Waals surface area contributed by atoms with Crippen molar-refractivity contribution in [3.05, 3.63) is 0 Å². The fraction of sp³-hybridized carbons (Fsp3) is 0.917. The molecule has 2 atom stereocenters. The molecule has 2 aliphatic rings. The molecular weight excluding hydrogens is 206 g/mol. The van der Waals surface area contributed by atoms with E-state index in [2.05, 4.69) is 0 Å². The first-order valence-corrected chi connectivity index (χ1v) is 6.33. The van der Waals surface area contributed by atoms with Gasteiger partial charge < -0.3 is 14.4 Å². The Morgan fingerprint density at radius 1 is 1.44 bits per heavy atom. The summed E-state index contributed by atoms with van der Waals surface area (Å²) in [4.78, 5) is 14.0. The predicted molar refractivity (Wildman–Crippen MR) is 60.2 cm³/mol. The number of likely N-dealkylation sites (tertiary alicyclic amines) is 1. The number of carbonyl (C=O) groups excluding carboxylic acids is 1. The molecule has 2 aliphatic heterocycles. The van der Waals surface area contributed by atoms with E-state index in [9.17, 15) is 4.79 Å². The van der Waals surface area contributed by atoms with Gasteiger partial charge in [0.2, 0.25) is 0 Å². The van der Waals surface area contributed by atoms with Gasteiger partial charge in [0, 0.05) is 26.3 Å². The third-order valence-electron chi connectivity index (χ3n) is 3.30. The summed E-state index contributed by atoms with van der Waals surface area (Å²) >= 11 is 0. The number of amides is 1. The highest BCUT2D eigenvalue weighted by atomic mass is 16.5. The van der Waals surface area contributed by atoms with Gasteiger partial charge in [0.1, 0.15) is 6.10 Å². The van der Waals surface area contributed by atoms with Crippen LogP contribution < -0.4 is 0 Å². The lowest BCUT2D eigenvalue weighted by Crippen LogP contribution is -2.47. The second kappa shape index (κ2) is 5.64. The Hall–Kier alpha value is -0.610. The van der Waals surface area contributed by atoms with E-state index < -0.39 is 0 Å². The Balaban J connectivity index is 1.85. The SMILES string of the molecule is CCOC1CCCN(C(=O)C2CCCO2)C1. The summed E-state index contributed by atoms with van der Waals surface area (Å²) in [7, 11) is 0. The van der Waals surface area contributed by atoms with Crippen molar-refractivity contribution in [2.24, 2.45) is 0 Å². The molecule has 0 aromatic heterocycles. The van der Waals surface area contributed by atoms with Gasteiger partial charge in [-0.1, -0.05) is 0 Å². The van der Waals surface area contributed by atoms with Gasteiger partial charge in [0.15, 0.2) is 0 Å². The molecule has 0 aromatic rings. The van der Waals surface area contributed by atoms with Crippen LogP contribution in [0.5, 0.6) is 0 Å². The number of hydrogen-bond donors (Lipinski definition) is 0. The fourth-order valence-corrected chi connectivity index (χ4v) is 2.49. The molecule has 0 bridgehead atoms. The molecule has 2 unspecified atom stereocenters. The second-order valence-electron chi connectivity index (χ2n) is 4.51. The molecule has 1 amide bonds. The minimum atomic E-state index is -0.180. The molecular formula is C12H21NO3. The van der Waals surface area contributed by atoms with Gasteiger partial charge in [-0.05, 0) is 32.6 Å². The normalized spacial score (nSPS) is 30.7. The zero-order valence-electron chi connectivity index (χ0n) is 9.98. The van der Waals surface area contributed by atoms with Crippen LogP contribution in [0.25, 0.3) is 0 Å². The molecule has 0 saturated carbocycles. The maximum Gasteiger partial charge on any atom is 0.251 e. The minimum Gasteiger partial charge on any atom is -0.377 e. The number of rotatable bonds is 3. The average molecular weight is 227 g/mol. The second-order valence-corrected chi connectivity index (χ2v) is 4.51. The van der Waals surface area contributed by atoms with Crippen LogP contribution in [0, 0.1) is 0 Å². The van der Waals surface area contributed by atoms with Crippen molar-refractivity contribution in [3.8, 4) is 0 Å². The molecule has 2 fully saturated rings. The van der Waals surface area contributed by atoms with E-state index in [1.54, 1.807) is 0 Å². The molecule has 0 aliphatic carbocycles. The third-order valence-corrected chi connectivity index (χ3v) is 3.30. The van der Waals surface area contributed by atoms with Crippen LogP contribution in [-0.4, -0.2) is 49.3 Å². The standard InChI is InChI=1S/C12H21NO3/c1-2-15-10-5-3-7-13(9-10)12(14)11-6-4-8-16-11/h10-11H,2-9H2,1H3. The number of piperidine rings is 1. The van der Waals surface area contributed by atoms with Gasteiger partial charge in [-0.15, -0.1) is 0 Å². The lowest BCUT2D eigenvalue weighted by Gasteiger charge is -2.33. The zero-order valence-corrected chi connectivity index (χ0v) is 9.98. The highest BCUT2D eigenvalue weighted by molar-refractivity contribution is 5.81. The largest absolute Gasteiger partial charge is 0.377 e. The number of ether oxygens (including phenoxy) is 2. The highest BCUT2D eigenvalue weighted by Crippen LogP contribution is 2.19. The Morgan fingerprint density at radius 3 is 3.00 bits per heavy atom. The maximum absolute atomic E-state index is 12.1. The number of hydrogen-bond acceptors (Lipinski definition) is 3. The zero-order chi connectivity index (χ0) is 11.4. The first-order valence-electron chi connectivity index (χ1n) is 6.33. The van der Waals surface area contributed by atoms with E-state index in [-0.39, 0.29) is 18.1 Å². The first-order chi connectivity index (χ1) is 7.81. The van der Waals surface area contributed by atoms with Crippen LogP contribution in [-0.2, 0) is 14.3 Å².